The van der Waals surface area contributed by atoms with Crippen LogP contribution in [0.4, 0.5) is 5.82 Å². The Morgan fingerprint density at radius 3 is 3.08 bits per heavy atom. The van der Waals surface area contributed by atoms with E-state index in [9.17, 15) is 0 Å². The lowest BCUT2D eigenvalue weighted by molar-refractivity contribution is 1.20. The van der Waals surface area contributed by atoms with Crippen molar-refractivity contribution in [2.45, 2.75) is 13.8 Å². The largest absolute Gasteiger partial charge is 0.369 e. The molecule has 0 spiro atoms. The first-order chi connectivity index (χ1) is 6.33. The van der Waals surface area contributed by atoms with Crippen molar-refractivity contribution in [1.82, 2.24) is 4.37 Å². The monoisotopic (exact) mass is 192 g/mol. The van der Waals surface area contributed by atoms with E-state index in [4.69, 9.17) is 0 Å². The average Bonchev–Trinajstić information content (AvgIpc) is 2.51. The van der Waals surface area contributed by atoms with E-state index in [1.54, 1.807) is 11.5 Å². The predicted octanol–water partition coefficient (Wildman–Crippen LogP) is 3.04. The van der Waals surface area contributed by atoms with Gasteiger partial charge in [-0.15, -0.1) is 0 Å². The Morgan fingerprint density at radius 2 is 2.31 bits per heavy atom. The van der Waals surface area contributed by atoms with Crippen LogP contribution in [0, 0.1) is 6.92 Å². The van der Waals surface area contributed by atoms with Gasteiger partial charge in [0.25, 0.3) is 0 Å². The van der Waals surface area contributed by atoms with Gasteiger partial charge in [0.1, 0.15) is 5.82 Å². The van der Waals surface area contributed by atoms with Gasteiger partial charge in [-0.05, 0) is 37.0 Å². The number of hydrogen-bond acceptors (Lipinski definition) is 3. The maximum Gasteiger partial charge on any atom is 0.147 e. The molecule has 2 aromatic rings. The maximum absolute atomic E-state index is 4.38. The Morgan fingerprint density at radius 1 is 1.46 bits per heavy atom. The van der Waals surface area contributed by atoms with E-state index in [1.807, 2.05) is 0 Å². The third kappa shape index (κ3) is 1.40. The summed E-state index contributed by atoms with van der Waals surface area (Å²) >= 11 is 1.57. The van der Waals surface area contributed by atoms with E-state index >= 15 is 0 Å². The fourth-order valence-electron chi connectivity index (χ4n) is 1.40. The highest BCUT2D eigenvalue weighted by molar-refractivity contribution is 7.14. The topological polar surface area (TPSA) is 24.9 Å². The predicted molar refractivity (Wildman–Crippen MR) is 58.5 cm³/mol. The molecule has 68 valence electrons. The van der Waals surface area contributed by atoms with Gasteiger partial charge in [-0.25, -0.2) is 0 Å². The van der Waals surface area contributed by atoms with Crippen molar-refractivity contribution in [3.8, 4) is 0 Å². The number of fused-ring (bicyclic) bond motifs is 1. The molecule has 0 aliphatic rings. The van der Waals surface area contributed by atoms with Gasteiger partial charge in [-0.3, -0.25) is 0 Å². The van der Waals surface area contributed by atoms with E-state index in [2.05, 4.69) is 41.7 Å². The lowest BCUT2D eigenvalue weighted by atomic mass is 10.2. The summed E-state index contributed by atoms with van der Waals surface area (Å²) in [5, 5.41) is 4.50. The lowest BCUT2D eigenvalue weighted by Gasteiger charge is -1.98. The molecule has 2 nitrogen and oxygen atoms in total. The minimum Gasteiger partial charge on any atom is -0.369 e. The normalized spacial score (nSPS) is 10.6. The Balaban J connectivity index is 2.61. The first-order valence-electron chi connectivity index (χ1n) is 4.41. The second kappa shape index (κ2) is 3.34. The van der Waals surface area contributed by atoms with Crippen LogP contribution in [-0.2, 0) is 0 Å². The average molecular weight is 192 g/mol. The van der Waals surface area contributed by atoms with Gasteiger partial charge in [0.05, 0.1) is 4.70 Å². The molecule has 0 saturated heterocycles. The molecule has 0 atom stereocenters. The van der Waals surface area contributed by atoms with Gasteiger partial charge in [0, 0.05) is 11.9 Å². The van der Waals surface area contributed by atoms with Crippen LogP contribution in [-0.4, -0.2) is 10.9 Å². The van der Waals surface area contributed by atoms with E-state index in [0.29, 0.717) is 0 Å². The van der Waals surface area contributed by atoms with Crippen LogP contribution in [0.2, 0.25) is 0 Å². The van der Waals surface area contributed by atoms with Crippen molar-refractivity contribution < 1.29 is 0 Å². The fraction of sp³-hybridized carbons (Fsp3) is 0.300. The zero-order valence-electron chi connectivity index (χ0n) is 7.79. The molecule has 0 amide bonds. The van der Waals surface area contributed by atoms with Crippen molar-refractivity contribution in [2.75, 3.05) is 11.9 Å². The first kappa shape index (κ1) is 8.51. The molecule has 1 heterocycles. The van der Waals surface area contributed by atoms with Gasteiger partial charge in [-0.2, -0.15) is 4.37 Å². The lowest BCUT2D eigenvalue weighted by Crippen LogP contribution is -1.96. The van der Waals surface area contributed by atoms with Gasteiger partial charge < -0.3 is 5.32 Å². The van der Waals surface area contributed by atoms with Crippen LogP contribution in [0.5, 0.6) is 0 Å². The highest BCUT2D eigenvalue weighted by Gasteiger charge is 2.05. The molecular formula is C10H12N2S. The van der Waals surface area contributed by atoms with Crippen LogP contribution in [0.15, 0.2) is 18.2 Å². The summed E-state index contributed by atoms with van der Waals surface area (Å²) in [4.78, 5) is 0. The Labute approximate surface area is 81.8 Å². The molecule has 0 radical (unpaired) electrons. The van der Waals surface area contributed by atoms with E-state index in [1.165, 1.54) is 15.6 Å². The molecule has 1 aromatic carbocycles. The highest BCUT2D eigenvalue weighted by atomic mass is 32.1. The quantitative estimate of drug-likeness (QED) is 0.791. The summed E-state index contributed by atoms with van der Waals surface area (Å²) < 4.78 is 5.67. The van der Waals surface area contributed by atoms with Crippen molar-refractivity contribution >= 4 is 27.4 Å². The number of anilines is 1. The molecule has 13 heavy (non-hydrogen) atoms. The molecule has 1 N–H and O–H groups in total. The highest BCUT2D eigenvalue weighted by Crippen LogP contribution is 2.28. The van der Waals surface area contributed by atoms with E-state index in [-0.39, 0.29) is 0 Å². The Kier molecular flexibility index (Phi) is 2.19. The zero-order valence-corrected chi connectivity index (χ0v) is 8.61. The minimum absolute atomic E-state index is 0.923. The van der Waals surface area contributed by atoms with Crippen molar-refractivity contribution in [3.05, 3.63) is 23.8 Å². The fourth-order valence-corrected chi connectivity index (χ4v) is 2.22. The molecule has 0 aliphatic heterocycles. The summed E-state index contributed by atoms with van der Waals surface area (Å²) in [5.41, 5.74) is 1.30. The van der Waals surface area contributed by atoms with Crippen LogP contribution < -0.4 is 5.32 Å². The Bertz CT molecular complexity index is 420. The molecular weight excluding hydrogens is 180 g/mol. The maximum atomic E-state index is 4.38. The summed E-state index contributed by atoms with van der Waals surface area (Å²) in [6.07, 6.45) is 0. The van der Waals surface area contributed by atoms with E-state index in [0.717, 1.165) is 12.4 Å². The molecule has 0 unspecified atom stereocenters. The van der Waals surface area contributed by atoms with Crippen LogP contribution in [0.1, 0.15) is 12.5 Å². The summed E-state index contributed by atoms with van der Waals surface area (Å²) in [6, 6.07) is 6.31. The molecule has 0 bridgehead atoms. The van der Waals surface area contributed by atoms with Gasteiger partial charge in [-0.1, -0.05) is 12.1 Å². The third-order valence-corrected chi connectivity index (χ3v) is 3.04. The second-order valence-corrected chi connectivity index (χ2v) is 3.79. The van der Waals surface area contributed by atoms with Crippen molar-refractivity contribution in [1.29, 1.82) is 0 Å². The van der Waals surface area contributed by atoms with Crippen LogP contribution in [0.25, 0.3) is 10.1 Å². The minimum atomic E-state index is 0.923. The van der Waals surface area contributed by atoms with Crippen molar-refractivity contribution in [3.63, 3.8) is 0 Å². The molecule has 0 fully saturated rings. The number of aromatic nitrogens is 1. The van der Waals surface area contributed by atoms with Gasteiger partial charge in [0.15, 0.2) is 0 Å². The number of nitrogens with zero attached hydrogens (tertiary/aromatic N) is 1. The van der Waals surface area contributed by atoms with Crippen molar-refractivity contribution in [2.24, 2.45) is 0 Å². The molecule has 0 aliphatic carbocycles. The zero-order chi connectivity index (χ0) is 9.26. The summed E-state index contributed by atoms with van der Waals surface area (Å²) in [5.74, 6) is 1.02. The number of hydrogen-bond donors (Lipinski definition) is 1. The number of rotatable bonds is 2. The second-order valence-electron chi connectivity index (χ2n) is 3.01. The third-order valence-electron chi connectivity index (χ3n) is 2.04. The standard InChI is InChI=1S/C10H12N2S/c1-3-11-10-8-6-4-5-7(2)9(8)13-12-10/h4-6H,3H2,1-2H3,(H,11,12). The molecule has 3 heteroatoms. The first-order valence-corrected chi connectivity index (χ1v) is 5.19. The van der Waals surface area contributed by atoms with Gasteiger partial charge >= 0.3 is 0 Å². The van der Waals surface area contributed by atoms with Crippen LogP contribution >= 0.6 is 11.5 Å². The summed E-state index contributed by atoms with van der Waals surface area (Å²) in [7, 11) is 0. The number of aryl methyl sites for hydroxylation is 1. The van der Waals surface area contributed by atoms with E-state index < -0.39 is 0 Å². The molecule has 2 rings (SSSR count). The number of nitrogens with one attached hydrogen (secondary N) is 1. The smallest absolute Gasteiger partial charge is 0.147 e. The Hall–Kier alpha value is -1.09. The van der Waals surface area contributed by atoms with Crippen LogP contribution in [0.3, 0.4) is 0 Å². The SMILES string of the molecule is CCNc1nsc2c(C)cccc12. The molecule has 1 aromatic heterocycles. The summed E-state index contributed by atoms with van der Waals surface area (Å²) in [6.45, 7) is 5.13. The van der Waals surface area contributed by atoms with Gasteiger partial charge in [0.2, 0.25) is 0 Å². The molecule has 0 saturated carbocycles. The number of benzene rings is 1.